The zero-order chi connectivity index (χ0) is 11.1. The van der Waals surface area contributed by atoms with Gasteiger partial charge in [0.2, 0.25) is 0 Å². The van der Waals surface area contributed by atoms with Crippen LogP contribution in [-0.2, 0) is 4.79 Å². The van der Waals surface area contributed by atoms with Crippen molar-refractivity contribution in [3.63, 3.8) is 0 Å². The average Bonchev–Trinajstić information content (AvgIpc) is 2.25. The van der Waals surface area contributed by atoms with Gasteiger partial charge in [-0.15, -0.1) is 0 Å². The molecule has 0 amide bonds. The highest BCUT2D eigenvalue weighted by atomic mass is 16.4. The lowest BCUT2D eigenvalue weighted by Crippen LogP contribution is -1.92. The Labute approximate surface area is 90.3 Å². The molecule has 1 unspecified atom stereocenters. The average molecular weight is 204 g/mol. The fourth-order valence-electron chi connectivity index (χ4n) is 1.37. The van der Waals surface area contributed by atoms with Crippen LogP contribution in [0.3, 0.4) is 0 Å². The van der Waals surface area contributed by atoms with Gasteiger partial charge in [0.25, 0.3) is 0 Å². The van der Waals surface area contributed by atoms with E-state index in [0.29, 0.717) is 12.3 Å². The summed E-state index contributed by atoms with van der Waals surface area (Å²) >= 11 is 0. The van der Waals surface area contributed by atoms with Crippen molar-refractivity contribution in [2.75, 3.05) is 0 Å². The summed E-state index contributed by atoms with van der Waals surface area (Å²) in [7, 11) is 0. The van der Waals surface area contributed by atoms with E-state index in [1.165, 1.54) is 5.56 Å². The van der Waals surface area contributed by atoms with Gasteiger partial charge in [-0.25, -0.2) is 0 Å². The largest absolute Gasteiger partial charge is 0.481 e. The highest BCUT2D eigenvalue weighted by Gasteiger charge is 1.99. The van der Waals surface area contributed by atoms with Crippen molar-refractivity contribution in [1.29, 1.82) is 0 Å². The summed E-state index contributed by atoms with van der Waals surface area (Å²) in [6.45, 7) is 2.10. The van der Waals surface area contributed by atoms with Gasteiger partial charge in [0.05, 0.1) is 0 Å². The maximum Gasteiger partial charge on any atom is 0.303 e. The van der Waals surface area contributed by atoms with Crippen LogP contribution in [0.2, 0.25) is 0 Å². The van der Waals surface area contributed by atoms with E-state index in [1.807, 2.05) is 24.3 Å². The zero-order valence-electron chi connectivity index (χ0n) is 8.89. The van der Waals surface area contributed by atoms with Gasteiger partial charge in [-0.2, -0.15) is 0 Å². The summed E-state index contributed by atoms with van der Waals surface area (Å²) in [6, 6.07) is 10.2. The molecule has 1 atom stereocenters. The Morgan fingerprint density at radius 1 is 1.40 bits per heavy atom. The molecule has 0 saturated heterocycles. The highest BCUT2D eigenvalue weighted by Crippen LogP contribution is 2.15. The van der Waals surface area contributed by atoms with Crippen LogP contribution in [0.5, 0.6) is 0 Å². The summed E-state index contributed by atoms with van der Waals surface area (Å²) in [6.07, 6.45) is 4.80. The fraction of sp³-hybridized carbons (Fsp3) is 0.308. The van der Waals surface area contributed by atoms with Gasteiger partial charge in [-0.05, 0) is 17.9 Å². The van der Waals surface area contributed by atoms with Crippen LogP contribution in [0.15, 0.2) is 42.5 Å². The minimum Gasteiger partial charge on any atom is -0.481 e. The summed E-state index contributed by atoms with van der Waals surface area (Å²) in [5.41, 5.74) is 1.25. The van der Waals surface area contributed by atoms with Gasteiger partial charge in [0, 0.05) is 6.42 Å². The molecule has 0 aliphatic heterocycles. The van der Waals surface area contributed by atoms with E-state index in [-0.39, 0.29) is 6.42 Å². The normalized spacial score (nSPS) is 12.9. The number of hydrogen-bond donors (Lipinski definition) is 1. The molecule has 0 fully saturated rings. The van der Waals surface area contributed by atoms with E-state index < -0.39 is 5.97 Å². The van der Waals surface area contributed by atoms with E-state index in [0.717, 1.165) is 0 Å². The smallest absolute Gasteiger partial charge is 0.303 e. The lowest BCUT2D eigenvalue weighted by molar-refractivity contribution is -0.136. The second-order valence-electron chi connectivity index (χ2n) is 3.56. The second kappa shape index (κ2) is 6.02. The Hall–Kier alpha value is -1.57. The van der Waals surface area contributed by atoms with Crippen molar-refractivity contribution in [3.05, 3.63) is 48.0 Å². The summed E-state index contributed by atoms with van der Waals surface area (Å²) in [5.74, 6) is -0.396. The molecule has 1 aromatic rings. The van der Waals surface area contributed by atoms with Crippen LogP contribution in [0.1, 0.15) is 31.2 Å². The van der Waals surface area contributed by atoms with Crippen LogP contribution >= 0.6 is 0 Å². The molecule has 2 nitrogen and oxygen atoms in total. The number of benzene rings is 1. The first-order chi connectivity index (χ1) is 7.20. The lowest BCUT2D eigenvalue weighted by Gasteiger charge is -2.05. The van der Waals surface area contributed by atoms with Crippen LogP contribution in [-0.4, -0.2) is 11.1 Å². The Morgan fingerprint density at radius 2 is 2.07 bits per heavy atom. The number of hydrogen-bond acceptors (Lipinski definition) is 1. The van der Waals surface area contributed by atoms with Crippen molar-refractivity contribution in [2.45, 2.75) is 25.7 Å². The summed E-state index contributed by atoms with van der Waals surface area (Å²) in [5, 5.41) is 8.46. The molecular weight excluding hydrogens is 188 g/mol. The van der Waals surface area contributed by atoms with E-state index >= 15 is 0 Å². The third-order valence-corrected chi connectivity index (χ3v) is 2.27. The second-order valence-corrected chi connectivity index (χ2v) is 3.56. The lowest BCUT2D eigenvalue weighted by atomic mass is 10.0. The van der Waals surface area contributed by atoms with Gasteiger partial charge in [0.15, 0.2) is 0 Å². The quantitative estimate of drug-likeness (QED) is 0.748. The van der Waals surface area contributed by atoms with Gasteiger partial charge in [-0.1, -0.05) is 49.4 Å². The third-order valence-electron chi connectivity index (χ3n) is 2.27. The molecule has 0 heterocycles. The predicted molar refractivity (Wildman–Crippen MR) is 60.9 cm³/mol. The monoisotopic (exact) mass is 204 g/mol. The molecule has 0 aliphatic carbocycles. The molecule has 0 bridgehead atoms. The van der Waals surface area contributed by atoms with Gasteiger partial charge >= 0.3 is 5.97 Å². The molecule has 1 N–H and O–H groups in total. The molecular formula is C13H16O2. The van der Waals surface area contributed by atoms with E-state index in [1.54, 1.807) is 0 Å². The van der Waals surface area contributed by atoms with Crippen LogP contribution < -0.4 is 0 Å². The minimum atomic E-state index is -0.744. The van der Waals surface area contributed by atoms with E-state index in [2.05, 4.69) is 25.1 Å². The fourth-order valence-corrected chi connectivity index (χ4v) is 1.37. The van der Waals surface area contributed by atoms with Crippen molar-refractivity contribution in [2.24, 2.45) is 0 Å². The van der Waals surface area contributed by atoms with Crippen molar-refractivity contribution in [1.82, 2.24) is 0 Å². The Kier molecular flexibility index (Phi) is 4.61. The van der Waals surface area contributed by atoms with Crippen molar-refractivity contribution in [3.8, 4) is 0 Å². The first-order valence-corrected chi connectivity index (χ1v) is 5.13. The van der Waals surface area contributed by atoms with Gasteiger partial charge in [0.1, 0.15) is 0 Å². The maximum absolute atomic E-state index is 10.3. The Balaban J connectivity index is 2.42. The minimum absolute atomic E-state index is 0.206. The molecule has 0 aliphatic rings. The van der Waals surface area contributed by atoms with Crippen molar-refractivity contribution >= 4 is 5.97 Å². The number of aliphatic carboxylic acids is 1. The molecule has 2 heteroatoms. The molecule has 0 saturated carbocycles. The van der Waals surface area contributed by atoms with Crippen LogP contribution in [0, 0.1) is 0 Å². The topological polar surface area (TPSA) is 37.3 Å². The SMILES string of the molecule is CC(/C=C/CCC(=O)O)c1ccccc1. The number of allylic oxidation sites excluding steroid dienone is 2. The van der Waals surface area contributed by atoms with Crippen molar-refractivity contribution < 1.29 is 9.90 Å². The number of carboxylic acid groups (broad SMARTS) is 1. The molecule has 0 aromatic heterocycles. The first-order valence-electron chi connectivity index (χ1n) is 5.13. The Bertz CT molecular complexity index is 328. The van der Waals surface area contributed by atoms with E-state index in [9.17, 15) is 4.79 Å². The number of carbonyl (C=O) groups is 1. The summed E-state index contributed by atoms with van der Waals surface area (Å²) in [4.78, 5) is 10.3. The molecule has 1 rings (SSSR count). The molecule has 80 valence electrons. The molecule has 0 radical (unpaired) electrons. The maximum atomic E-state index is 10.3. The zero-order valence-corrected chi connectivity index (χ0v) is 8.89. The van der Waals surface area contributed by atoms with Crippen LogP contribution in [0.25, 0.3) is 0 Å². The molecule has 1 aromatic carbocycles. The van der Waals surface area contributed by atoms with Gasteiger partial charge in [-0.3, -0.25) is 4.79 Å². The van der Waals surface area contributed by atoms with Gasteiger partial charge < -0.3 is 5.11 Å². The number of rotatable bonds is 5. The molecule has 0 spiro atoms. The number of carboxylic acids is 1. The third kappa shape index (κ3) is 4.45. The predicted octanol–water partition coefficient (Wildman–Crippen LogP) is 3.21. The standard InChI is InChI=1S/C13H16O2/c1-11(7-5-6-10-13(14)15)12-8-3-2-4-9-12/h2-5,7-9,11H,6,10H2,1H3,(H,14,15)/b7-5+. The molecule has 15 heavy (non-hydrogen) atoms. The van der Waals surface area contributed by atoms with E-state index in [4.69, 9.17) is 5.11 Å². The highest BCUT2D eigenvalue weighted by molar-refractivity contribution is 5.66. The summed E-state index contributed by atoms with van der Waals surface area (Å²) < 4.78 is 0. The Morgan fingerprint density at radius 3 is 2.67 bits per heavy atom. The van der Waals surface area contributed by atoms with Crippen LogP contribution in [0.4, 0.5) is 0 Å². The first kappa shape index (κ1) is 11.5.